The Morgan fingerprint density at radius 1 is 1.11 bits per heavy atom. The molecular weight excluding hydrogens is 458 g/mol. The summed E-state index contributed by atoms with van der Waals surface area (Å²) in [6.45, 7) is 4.20. The van der Waals surface area contributed by atoms with Gasteiger partial charge in [0.2, 0.25) is 0 Å². The molecular formula is C26H29N7O3. The molecule has 1 atom stereocenters. The number of rotatable bonds is 5. The number of aryl methyl sites for hydroxylation is 1. The summed E-state index contributed by atoms with van der Waals surface area (Å²) in [6.07, 6.45) is 5.87. The van der Waals surface area contributed by atoms with Crippen molar-refractivity contribution >= 4 is 16.8 Å². The molecule has 36 heavy (non-hydrogen) atoms. The number of nitrogens with zero attached hydrogens (tertiary/aromatic N) is 6. The molecule has 1 aliphatic carbocycles. The zero-order valence-electron chi connectivity index (χ0n) is 20.3. The lowest BCUT2D eigenvalue weighted by atomic mass is 10.0. The summed E-state index contributed by atoms with van der Waals surface area (Å²) in [5.41, 5.74) is 2.34. The molecule has 3 aromatic heterocycles. The average molecular weight is 488 g/mol. The van der Waals surface area contributed by atoms with Crippen molar-refractivity contribution in [2.24, 2.45) is 0 Å². The van der Waals surface area contributed by atoms with Crippen molar-refractivity contribution in [1.82, 2.24) is 35.0 Å². The van der Waals surface area contributed by atoms with Gasteiger partial charge in [0.1, 0.15) is 6.04 Å². The molecule has 6 rings (SSSR count). The minimum absolute atomic E-state index is 0.119. The van der Waals surface area contributed by atoms with E-state index in [9.17, 15) is 9.59 Å². The number of nitrogens with one attached hydrogen (secondary N) is 1. The van der Waals surface area contributed by atoms with Gasteiger partial charge in [0.15, 0.2) is 11.6 Å². The van der Waals surface area contributed by atoms with Crippen LogP contribution in [0.15, 0.2) is 51.9 Å². The van der Waals surface area contributed by atoms with Gasteiger partial charge < -0.3 is 14.3 Å². The molecule has 1 saturated heterocycles. The minimum Gasteiger partial charge on any atom is -0.459 e. The number of pyridine rings is 1. The third-order valence-corrected chi connectivity index (χ3v) is 7.54. The van der Waals surface area contributed by atoms with Crippen LogP contribution >= 0.6 is 0 Å². The maximum atomic E-state index is 13.5. The molecule has 1 aliphatic heterocycles. The zero-order chi connectivity index (χ0) is 24.6. The van der Waals surface area contributed by atoms with Gasteiger partial charge in [0.25, 0.3) is 11.5 Å². The normalized spacial score (nSPS) is 18.2. The van der Waals surface area contributed by atoms with Crippen LogP contribution in [-0.4, -0.2) is 67.1 Å². The SMILES string of the molecule is Cc1cccc2cc([C@H](c3nnnn3C3CCCC3)N3CCN(C(=O)c4ccco4)CC3)c(=O)[nH]c12. The lowest BCUT2D eigenvalue weighted by Crippen LogP contribution is -2.50. The van der Waals surface area contributed by atoms with Crippen molar-refractivity contribution in [2.75, 3.05) is 26.2 Å². The van der Waals surface area contributed by atoms with E-state index in [4.69, 9.17) is 4.42 Å². The first-order chi connectivity index (χ1) is 17.6. The fourth-order valence-electron chi connectivity index (χ4n) is 5.63. The van der Waals surface area contributed by atoms with Crippen molar-refractivity contribution < 1.29 is 9.21 Å². The van der Waals surface area contributed by atoms with Crippen LogP contribution in [0.2, 0.25) is 0 Å². The van der Waals surface area contributed by atoms with Gasteiger partial charge >= 0.3 is 0 Å². The molecule has 1 N–H and O–H groups in total. The summed E-state index contributed by atoms with van der Waals surface area (Å²) in [6, 6.07) is 11.2. The Balaban J connectivity index is 1.38. The fourth-order valence-corrected chi connectivity index (χ4v) is 5.63. The van der Waals surface area contributed by atoms with Gasteiger partial charge in [-0.05, 0) is 59.3 Å². The van der Waals surface area contributed by atoms with E-state index in [1.165, 1.54) is 6.26 Å². The number of hydrogen-bond acceptors (Lipinski definition) is 7. The number of piperazine rings is 1. The molecule has 10 nitrogen and oxygen atoms in total. The third-order valence-electron chi connectivity index (χ3n) is 7.54. The number of H-pyrrole nitrogens is 1. The number of tetrazole rings is 1. The highest BCUT2D eigenvalue weighted by molar-refractivity contribution is 5.91. The van der Waals surface area contributed by atoms with Crippen LogP contribution in [0, 0.1) is 6.92 Å². The van der Waals surface area contributed by atoms with Crippen LogP contribution in [0.4, 0.5) is 0 Å². The average Bonchev–Trinajstić information content (AvgIpc) is 3.68. The first-order valence-corrected chi connectivity index (χ1v) is 12.6. The molecule has 4 aromatic rings. The van der Waals surface area contributed by atoms with Gasteiger partial charge in [-0.15, -0.1) is 5.10 Å². The minimum atomic E-state index is -0.421. The maximum absolute atomic E-state index is 13.5. The van der Waals surface area contributed by atoms with E-state index in [0.717, 1.165) is 42.1 Å². The van der Waals surface area contributed by atoms with Crippen molar-refractivity contribution in [3.05, 3.63) is 75.7 Å². The first kappa shape index (κ1) is 22.7. The van der Waals surface area contributed by atoms with Crippen LogP contribution in [0.25, 0.3) is 10.9 Å². The number of hydrogen-bond donors (Lipinski definition) is 1. The van der Waals surface area contributed by atoms with Crippen LogP contribution in [0.1, 0.15) is 65.3 Å². The van der Waals surface area contributed by atoms with Gasteiger partial charge in [0.05, 0.1) is 17.8 Å². The molecule has 1 saturated carbocycles. The van der Waals surface area contributed by atoms with Crippen molar-refractivity contribution in [3.63, 3.8) is 0 Å². The van der Waals surface area contributed by atoms with E-state index in [-0.39, 0.29) is 17.5 Å². The van der Waals surface area contributed by atoms with Crippen molar-refractivity contribution in [1.29, 1.82) is 0 Å². The molecule has 0 radical (unpaired) electrons. The summed E-state index contributed by atoms with van der Waals surface area (Å²) < 4.78 is 7.24. The van der Waals surface area contributed by atoms with E-state index in [2.05, 4.69) is 25.4 Å². The second-order valence-corrected chi connectivity index (χ2v) is 9.72. The zero-order valence-corrected chi connectivity index (χ0v) is 20.3. The summed E-state index contributed by atoms with van der Waals surface area (Å²) in [5.74, 6) is 0.905. The standard InChI is InChI=1S/C26H29N7O3/c1-17-6-4-7-18-16-20(25(34)27-22(17)18)23(24-28-29-30-33(24)19-8-2-3-9-19)31-11-13-32(14-12-31)26(35)21-10-5-15-36-21/h4-7,10,15-16,19,23H,2-3,8-9,11-14H2,1H3,(H,27,34)/t23-/m1/s1. The Hall–Kier alpha value is -3.79. The van der Waals surface area contributed by atoms with Crippen LogP contribution < -0.4 is 5.56 Å². The number of benzene rings is 1. The lowest BCUT2D eigenvalue weighted by Gasteiger charge is -2.38. The van der Waals surface area contributed by atoms with Crippen molar-refractivity contribution in [3.8, 4) is 0 Å². The van der Waals surface area contributed by atoms with Gasteiger partial charge in [-0.2, -0.15) is 0 Å². The smallest absolute Gasteiger partial charge is 0.289 e. The summed E-state index contributed by atoms with van der Waals surface area (Å²) >= 11 is 0. The van der Waals surface area contributed by atoms with E-state index < -0.39 is 6.04 Å². The number of aromatic amines is 1. The Kier molecular flexibility index (Phi) is 5.88. The van der Waals surface area contributed by atoms with Gasteiger partial charge in [-0.25, -0.2) is 4.68 Å². The fraction of sp³-hybridized carbons (Fsp3) is 0.423. The van der Waals surface area contributed by atoms with Gasteiger partial charge in [-0.1, -0.05) is 31.0 Å². The molecule has 0 spiro atoms. The number of furan rings is 1. The summed E-state index contributed by atoms with van der Waals surface area (Å²) in [7, 11) is 0. The van der Waals surface area contributed by atoms with E-state index >= 15 is 0 Å². The van der Waals surface area contributed by atoms with Crippen LogP contribution in [0.3, 0.4) is 0 Å². The summed E-state index contributed by atoms with van der Waals surface area (Å²) in [5, 5.41) is 13.8. The second kappa shape index (κ2) is 9.34. The molecule has 1 aromatic carbocycles. The molecule has 10 heteroatoms. The van der Waals surface area contributed by atoms with Crippen molar-refractivity contribution in [2.45, 2.75) is 44.7 Å². The highest BCUT2D eigenvalue weighted by Crippen LogP contribution is 2.34. The van der Waals surface area contributed by atoms with Crippen LogP contribution in [-0.2, 0) is 0 Å². The molecule has 4 heterocycles. The lowest BCUT2D eigenvalue weighted by molar-refractivity contribution is 0.0557. The Bertz CT molecular complexity index is 1430. The molecule has 2 fully saturated rings. The number of carbonyl (C=O) groups is 1. The Morgan fingerprint density at radius 3 is 2.67 bits per heavy atom. The Morgan fingerprint density at radius 2 is 1.92 bits per heavy atom. The van der Waals surface area contributed by atoms with E-state index in [0.29, 0.717) is 43.3 Å². The Labute approximate surface area is 207 Å². The number of amides is 1. The topological polar surface area (TPSA) is 113 Å². The predicted octanol–water partition coefficient (Wildman–Crippen LogP) is 3.08. The summed E-state index contributed by atoms with van der Waals surface area (Å²) in [4.78, 5) is 33.4. The first-order valence-electron chi connectivity index (χ1n) is 12.6. The number of aromatic nitrogens is 5. The number of fused-ring (bicyclic) bond motifs is 1. The molecule has 0 unspecified atom stereocenters. The largest absolute Gasteiger partial charge is 0.459 e. The molecule has 2 aliphatic rings. The van der Waals surface area contributed by atoms with Crippen LogP contribution in [0.5, 0.6) is 0 Å². The monoisotopic (exact) mass is 487 g/mol. The second-order valence-electron chi connectivity index (χ2n) is 9.72. The van der Waals surface area contributed by atoms with Gasteiger partial charge in [-0.3, -0.25) is 14.5 Å². The molecule has 1 amide bonds. The van der Waals surface area contributed by atoms with E-state index in [1.54, 1.807) is 17.0 Å². The maximum Gasteiger partial charge on any atom is 0.289 e. The molecule has 0 bridgehead atoms. The third kappa shape index (κ3) is 4.01. The van der Waals surface area contributed by atoms with E-state index in [1.807, 2.05) is 35.9 Å². The highest BCUT2D eigenvalue weighted by Gasteiger charge is 2.35. The number of para-hydroxylation sites is 1. The number of carbonyl (C=O) groups excluding carboxylic acids is 1. The quantitative estimate of drug-likeness (QED) is 0.460. The van der Waals surface area contributed by atoms with Gasteiger partial charge in [0, 0.05) is 31.7 Å². The predicted molar refractivity (Wildman–Crippen MR) is 133 cm³/mol. The molecule has 186 valence electrons. The highest BCUT2D eigenvalue weighted by atomic mass is 16.3.